The molecule has 3 aromatic rings. The Morgan fingerprint density at radius 1 is 1.05 bits per heavy atom. The second-order valence-corrected chi connectivity index (χ2v) is 10.5. The van der Waals surface area contributed by atoms with Gasteiger partial charge in [-0.1, -0.05) is 31.2 Å². The molecule has 1 aliphatic rings. The summed E-state index contributed by atoms with van der Waals surface area (Å²) in [5.41, 5.74) is 5.44. The monoisotopic (exact) mass is 552 g/mol. The van der Waals surface area contributed by atoms with E-state index in [0.717, 1.165) is 45.2 Å². The number of hydrogen-bond donors (Lipinski definition) is 1. The highest BCUT2D eigenvalue weighted by atomic mass is 19.3. The van der Waals surface area contributed by atoms with E-state index < -0.39 is 5.92 Å². The normalized spacial score (nSPS) is 14.9. The highest BCUT2D eigenvalue weighted by Gasteiger charge is 2.29. The summed E-state index contributed by atoms with van der Waals surface area (Å²) in [5, 5.41) is 1.75. The van der Waals surface area contributed by atoms with Gasteiger partial charge in [-0.3, -0.25) is 9.69 Å². The third-order valence-corrected chi connectivity index (χ3v) is 7.02. The Morgan fingerprint density at radius 3 is 2.45 bits per heavy atom. The quantitative estimate of drug-likeness (QED) is 0.259. The Kier molecular flexibility index (Phi) is 9.44. The first-order valence-corrected chi connectivity index (χ1v) is 13.5. The summed E-state index contributed by atoms with van der Waals surface area (Å²) in [5.74, 6) is -1.82. The van der Waals surface area contributed by atoms with E-state index in [9.17, 15) is 13.6 Å². The fourth-order valence-electron chi connectivity index (χ4n) is 4.75. The number of benzene rings is 2. The third-order valence-electron chi connectivity index (χ3n) is 7.02. The van der Waals surface area contributed by atoms with Crippen molar-refractivity contribution in [3.05, 3.63) is 76.6 Å². The topological polar surface area (TPSA) is 73.8 Å². The summed E-state index contributed by atoms with van der Waals surface area (Å²) in [7, 11) is 3.68. The number of piperazine rings is 1. The van der Waals surface area contributed by atoms with Crippen molar-refractivity contribution < 1.29 is 18.3 Å². The average molecular weight is 553 g/mol. The average Bonchev–Trinajstić information content (AvgIpc) is 2.90. The van der Waals surface area contributed by atoms with Gasteiger partial charge in [-0.25, -0.2) is 23.8 Å². The molecule has 2 heterocycles. The van der Waals surface area contributed by atoms with Crippen LogP contribution in [0.3, 0.4) is 0 Å². The van der Waals surface area contributed by atoms with Crippen LogP contribution in [0.2, 0.25) is 0 Å². The maximum atomic E-state index is 14.7. The summed E-state index contributed by atoms with van der Waals surface area (Å²) >= 11 is 0. The van der Waals surface area contributed by atoms with E-state index in [0.29, 0.717) is 40.7 Å². The largest absolute Gasteiger partial charge is 0.439 e. The SMILES string of the molecule is CCN1CCN(Cc2ccc(CC(=O)c3ccc(C)c(Oc4cc(NN(C)C)ncn4)c3)cc2C(C)(F)F)CC1. The van der Waals surface area contributed by atoms with Crippen molar-refractivity contribution in [1.29, 1.82) is 0 Å². The highest BCUT2D eigenvalue weighted by molar-refractivity contribution is 5.98. The number of ketones is 1. The number of hydrogen-bond acceptors (Lipinski definition) is 8. The van der Waals surface area contributed by atoms with Gasteiger partial charge in [0.1, 0.15) is 17.9 Å². The molecule has 0 spiro atoms. The Hall–Kier alpha value is -3.47. The predicted octanol–water partition coefficient (Wildman–Crippen LogP) is 5.14. The van der Waals surface area contributed by atoms with E-state index in [1.807, 2.05) is 21.0 Å². The molecule has 1 aromatic heterocycles. The number of anilines is 1. The maximum absolute atomic E-state index is 14.7. The van der Waals surface area contributed by atoms with Crippen molar-refractivity contribution in [3.63, 3.8) is 0 Å². The van der Waals surface area contributed by atoms with Crippen molar-refractivity contribution in [2.75, 3.05) is 52.2 Å². The molecule has 0 radical (unpaired) electrons. The number of aromatic nitrogens is 2. The molecule has 2 aromatic carbocycles. The Balaban J connectivity index is 1.49. The lowest BCUT2D eigenvalue weighted by atomic mass is 9.95. The highest BCUT2D eigenvalue weighted by Crippen LogP contribution is 2.32. The molecular weight excluding hydrogens is 514 g/mol. The van der Waals surface area contributed by atoms with Crippen molar-refractivity contribution in [3.8, 4) is 11.6 Å². The molecule has 0 aliphatic carbocycles. The molecule has 214 valence electrons. The van der Waals surface area contributed by atoms with E-state index >= 15 is 0 Å². The number of halogens is 2. The van der Waals surface area contributed by atoms with Crippen LogP contribution in [0.15, 0.2) is 48.8 Å². The molecule has 0 amide bonds. The Morgan fingerprint density at radius 2 is 1.77 bits per heavy atom. The number of carbonyl (C=O) groups excluding carboxylic acids is 1. The van der Waals surface area contributed by atoms with Crippen molar-refractivity contribution in [2.24, 2.45) is 0 Å². The second-order valence-electron chi connectivity index (χ2n) is 10.5. The van der Waals surface area contributed by atoms with Gasteiger partial charge in [0.15, 0.2) is 5.78 Å². The van der Waals surface area contributed by atoms with Crippen LogP contribution < -0.4 is 10.2 Å². The maximum Gasteiger partial charge on any atom is 0.270 e. The van der Waals surface area contributed by atoms with Gasteiger partial charge in [-0.2, -0.15) is 0 Å². The van der Waals surface area contributed by atoms with Crippen LogP contribution in [0.25, 0.3) is 0 Å². The standard InChI is InChI=1S/C30H38F2N6O2/c1-6-37-11-13-38(14-12-37)19-24-10-8-22(15-25(24)30(3,31)32)16-26(39)23-9-7-21(2)27(17-23)40-29-18-28(33-20-34-29)35-36(4)5/h7-10,15,17-18,20H,6,11-14,16,19H2,1-5H3,(H,33,34,35). The summed E-state index contributed by atoms with van der Waals surface area (Å²) in [6.45, 7) is 9.98. The summed E-state index contributed by atoms with van der Waals surface area (Å²) in [6, 6.07) is 11.9. The van der Waals surface area contributed by atoms with Crippen LogP contribution in [0.4, 0.5) is 14.6 Å². The fourth-order valence-corrected chi connectivity index (χ4v) is 4.75. The first-order valence-electron chi connectivity index (χ1n) is 13.5. The van der Waals surface area contributed by atoms with Gasteiger partial charge in [0, 0.05) is 77.4 Å². The van der Waals surface area contributed by atoms with E-state index in [1.54, 1.807) is 41.4 Å². The number of nitrogens with zero attached hydrogens (tertiary/aromatic N) is 5. The number of Topliss-reactive ketones (excluding diaryl/α,β-unsaturated/α-hetero) is 1. The van der Waals surface area contributed by atoms with Crippen LogP contribution in [-0.4, -0.2) is 77.4 Å². The molecule has 1 aliphatic heterocycles. The second kappa shape index (κ2) is 12.8. The molecule has 1 saturated heterocycles. The van der Waals surface area contributed by atoms with Crippen LogP contribution in [0, 0.1) is 6.92 Å². The minimum atomic E-state index is -3.01. The van der Waals surface area contributed by atoms with E-state index in [2.05, 4.69) is 32.1 Å². The summed E-state index contributed by atoms with van der Waals surface area (Å²) < 4.78 is 35.3. The van der Waals surface area contributed by atoms with Gasteiger partial charge in [-0.05, 0) is 42.3 Å². The van der Waals surface area contributed by atoms with Gasteiger partial charge in [0.2, 0.25) is 5.88 Å². The Labute approximate surface area is 234 Å². The van der Waals surface area contributed by atoms with Crippen LogP contribution >= 0.6 is 0 Å². The van der Waals surface area contributed by atoms with E-state index in [4.69, 9.17) is 4.74 Å². The molecule has 1 N–H and O–H groups in total. The molecular formula is C30H38F2N6O2. The summed E-state index contributed by atoms with van der Waals surface area (Å²) in [6.07, 6.45) is 1.40. The number of alkyl halides is 2. The molecule has 8 nitrogen and oxygen atoms in total. The van der Waals surface area contributed by atoms with Gasteiger partial charge in [0.25, 0.3) is 5.92 Å². The first kappa shape index (κ1) is 29.5. The molecule has 0 saturated carbocycles. The zero-order valence-electron chi connectivity index (χ0n) is 23.9. The molecule has 0 atom stereocenters. The van der Waals surface area contributed by atoms with E-state index in [1.165, 1.54) is 12.4 Å². The molecule has 1 fully saturated rings. The molecule has 4 rings (SSSR count). The lowest BCUT2D eigenvalue weighted by Crippen LogP contribution is -2.45. The zero-order valence-corrected chi connectivity index (χ0v) is 23.9. The van der Waals surface area contributed by atoms with Crippen molar-refractivity contribution in [2.45, 2.75) is 39.7 Å². The lowest BCUT2D eigenvalue weighted by molar-refractivity contribution is 0.0153. The number of rotatable bonds is 11. The van der Waals surface area contributed by atoms with Gasteiger partial charge in [0.05, 0.1) is 0 Å². The molecule has 40 heavy (non-hydrogen) atoms. The molecule has 10 heteroatoms. The van der Waals surface area contributed by atoms with Gasteiger partial charge < -0.3 is 15.1 Å². The predicted molar refractivity (Wildman–Crippen MR) is 152 cm³/mol. The van der Waals surface area contributed by atoms with Crippen molar-refractivity contribution in [1.82, 2.24) is 24.8 Å². The smallest absolute Gasteiger partial charge is 0.270 e. The molecule has 0 bridgehead atoms. The number of nitrogens with one attached hydrogen (secondary N) is 1. The zero-order chi connectivity index (χ0) is 28.9. The number of likely N-dealkylation sites (N-methyl/N-ethyl adjacent to an activating group) is 1. The van der Waals surface area contributed by atoms with Gasteiger partial charge >= 0.3 is 0 Å². The number of ether oxygens (including phenoxy) is 1. The fraction of sp³-hybridized carbons (Fsp3) is 0.433. The lowest BCUT2D eigenvalue weighted by Gasteiger charge is -2.34. The van der Waals surface area contributed by atoms with E-state index in [-0.39, 0.29) is 17.8 Å². The minimum absolute atomic E-state index is 0.00540. The first-order chi connectivity index (χ1) is 19.0. The number of aryl methyl sites for hydroxylation is 1. The minimum Gasteiger partial charge on any atom is -0.439 e. The van der Waals surface area contributed by atoms with Gasteiger partial charge in [-0.15, -0.1) is 0 Å². The van der Waals surface area contributed by atoms with Crippen LogP contribution in [-0.2, 0) is 18.9 Å². The van der Waals surface area contributed by atoms with Crippen LogP contribution in [0.1, 0.15) is 46.5 Å². The van der Waals surface area contributed by atoms with Crippen molar-refractivity contribution >= 4 is 11.6 Å². The van der Waals surface area contributed by atoms with Crippen LogP contribution in [0.5, 0.6) is 11.6 Å². The number of hydrazine groups is 1. The summed E-state index contributed by atoms with van der Waals surface area (Å²) in [4.78, 5) is 26.1. The Bertz CT molecular complexity index is 1320. The molecule has 0 unspecified atom stereocenters. The third kappa shape index (κ3) is 7.80. The number of carbonyl (C=O) groups is 1.